The fourth-order valence-corrected chi connectivity index (χ4v) is 4.83. The summed E-state index contributed by atoms with van der Waals surface area (Å²) in [5, 5.41) is 8.09. The molecule has 12 heteroatoms. The number of halogens is 3. The molecule has 2 aliphatic heterocycles. The first-order valence-corrected chi connectivity index (χ1v) is 11.7. The molecule has 36 heavy (non-hydrogen) atoms. The van der Waals surface area contributed by atoms with Crippen LogP contribution in [-0.2, 0) is 0 Å². The molecule has 1 N–H and O–H groups in total. The number of fused-ring (bicyclic) bond motifs is 6. The highest BCUT2D eigenvalue weighted by molar-refractivity contribution is 6.42. The van der Waals surface area contributed by atoms with E-state index < -0.39 is 17.6 Å². The van der Waals surface area contributed by atoms with Gasteiger partial charge in [0.1, 0.15) is 17.3 Å². The van der Waals surface area contributed by atoms with Gasteiger partial charge in [-0.05, 0) is 53.9 Å². The minimum Gasteiger partial charge on any atom is -0.346 e. The van der Waals surface area contributed by atoms with Crippen molar-refractivity contribution in [1.82, 2.24) is 24.9 Å². The predicted octanol–water partition coefficient (Wildman–Crippen LogP) is 3.89. The molecular formula is C24H16Cl2FN7O2. The Morgan fingerprint density at radius 1 is 1.08 bits per heavy atom. The van der Waals surface area contributed by atoms with E-state index in [-0.39, 0.29) is 33.5 Å². The Morgan fingerprint density at radius 2 is 1.94 bits per heavy atom. The fourth-order valence-electron chi connectivity index (χ4n) is 4.57. The standard InChI is InChI=1S/C24H16Cl2FN7O2/c25-16-7-18(28-9-17(16)26)23(35)31-15-6-19-13-3-12(4-14(27)5-13)8-30-24(36)20-10-29-21-1-2-22(32-34(20)21)33(19)11-15/h1-5,7-10,15,19H,6,11H2,(H,31,35)/t15-,19?/m0/s1. The zero-order valence-electron chi connectivity index (χ0n) is 18.4. The van der Waals surface area contributed by atoms with Gasteiger partial charge in [-0.15, -0.1) is 5.10 Å². The molecule has 1 saturated heterocycles. The van der Waals surface area contributed by atoms with Crippen molar-refractivity contribution in [2.75, 3.05) is 11.4 Å². The van der Waals surface area contributed by atoms with Crippen LogP contribution in [-0.4, -0.2) is 50.2 Å². The molecule has 2 atom stereocenters. The van der Waals surface area contributed by atoms with Gasteiger partial charge in [0.05, 0.1) is 22.3 Å². The van der Waals surface area contributed by atoms with Gasteiger partial charge >= 0.3 is 0 Å². The van der Waals surface area contributed by atoms with Crippen LogP contribution < -0.4 is 10.2 Å². The number of aromatic nitrogens is 4. The van der Waals surface area contributed by atoms with Gasteiger partial charge in [0.2, 0.25) is 0 Å². The molecule has 4 aromatic rings. The zero-order chi connectivity index (χ0) is 25.0. The number of nitrogens with one attached hydrogen (secondary N) is 1. The van der Waals surface area contributed by atoms with Crippen LogP contribution in [0.25, 0.3) is 5.65 Å². The van der Waals surface area contributed by atoms with Gasteiger partial charge in [-0.1, -0.05) is 23.2 Å². The third-order valence-corrected chi connectivity index (χ3v) is 6.91. The lowest BCUT2D eigenvalue weighted by Crippen LogP contribution is -2.37. The number of anilines is 1. The maximum atomic E-state index is 14.6. The van der Waals surface area contributed by atoms with Crippen LogP contribution in [0.15, 0.2) is 53.8 Å². The lowest BCUT2D eigenvalue weighted by atomic mass is 10.0. The van der Waals surface area contributed by atoms with Crippen LogP contribution in [0.4, 0.5) is 10.2 Å². The third kappa shape index (κ3) is 3.98. The van der Waals surface area contributed by atoms with E-state index in [0.717, 1.165) is 0 Å². The van der Waals surface area contributed by atoms with E-state index in [4.69, 9.17) is 23.2 Å². The van der Waals surface area contributed by atoms with Gasteiger partial charge < -0.3 is 10.2 Å². The summed E-state index contributed by atoms with van der Waals surface area (Å²) in [7, 11) is 0. The quantitative estimate of drug-likeness (QED) is 0.427. The van der Waals surface area contributed by atoms with E-state index in [9.17, 15) is 14.0 Å². The minimum absolute atomic E-state index is 0.135. The van der Waals surface area contributed by atoms with Gasteiger partial charge in [0.25, 0.3) is 11.8 Å². The highest BCUT2D eigenvalue weighted by Crippen LogP contribution is 2.36. The van der Waals surface area contributed by atoms with E-state index in [1.807, 2.05) is 4.90 Å². The second kappa shape index (κ2) is 8.65. The van der Waals surface area contributed by atoms with Gasteiger partial charge in [-0.2, -0.15) is 0 Å². The van der Waals surface area contributed by atoms with Crippen LogP contribution >= 0.6 is 23.2 Å². The lowest BCUT2D eigenvalue weighted by molar-refractivity contribution is 0.0933. The second-order valence-corrected chi connectivity index (χ2v) is 9.36. The number of imidazole rings is 1. The van der Waals surface area contributed by atoms with Crippen LogP contribution in [0.2, 0.25) is 10.0 Å². The SMILES string of the molecule is O=C(N[C@H]1CC2c3cc(F)cc(c3)C=NC(=O)c3cnc4ccc(nn34)N2C1)c1cc(Cl)c(Cl)cn1. The van der Waals surface area contributed by atoms with Gasteiger partial charge in [0.15, 0.2) is 11.3 Å². The molecule has 5 heterocycles. The molecule has 2 amide bonds. The number of pyridine rings is 1. The monoisotopic (exact) mass is 523 g/mol. The molecule has 3 aromatic heterocycles. The summed E-state index contributed by atoms with van der Waals surface area (Å²) >= 11 is 12.0. The van der Waals surface area contributed by atoms with Gasteiger partial charge in [0, 0.05) is 25.0 Å². The highest BCUT2D eigenvalue weighted by atomic mass is 35.5. The fraction of sp³-hybridized carbons (Fsp3) is 0.167. The Kier molecular flexibility index (Phi) is 5.42. The highest BCUT2D eigenvalue weighted by Gasteiger charge is 2.36. The third-order valence-electron chi connectivity index (χ3n) is 6.20. The smallest absolute Gasteiger partial charge is 0.297 e. The van der Waals surface area contributed by atoms with E-state index in [1.165, 1.54) is 41.3 Å². The summed E-state index contributed by atoms with van der Waals surface area (Å²) in [5.41, 5.74) is 1.93. The second-order valence-electron chi connectivity index (χ2n) is 8.54. The van der Waals surface area contributed by atoms with Crippen LogP contribution in [0, 0.1) is 5.82 Å². The summed E-state index contributed by atoms with van der Waals surface area (Å²) in [4.78, 5) is 39.8. The van der Waals surface area contributed by atoms with Crippen LogP contribution in [0.1, 0.15) is 44.6 Å². The molecule has 180 valence electrons. The Bertz CT molecular complexity index is 1590. The Balaban J connectivity index is 1.41. The molecule has 1 fully saturated rings. The first kappa shape index (κ1) is 22.6. The topological polar surface area (TPSA) is 105 Å². The van der Waals surface area contributed by atoms with E-state index in [0.29, 0.717) is 35.6 Å². The molecule has 0 spiro atoms. The Hall–Kier alpha value is -3.89. The van der Waals surface area contributed by atoms with Crippen molar-refractivity contribution in [2.24, 2.45) is 4.99 Å². The maximum Gasteiger partial charge on any atom is 0.297 e. The van der Waals surface area contributed by atoms with Crippen LogP contribution in [0.5, 0.6) is 0 Å². The molecule has 1 aromatic carbocycles. The van der Waals surface area contributed by atoms with Crippen LogP contribution in [0.3, 0.4) is 0 Å². The van der Waals surface area contributed by atoms with E-state index >= 15 is 0 Å². The number of carbonyl (C=O) groups is 2. The van der Waals surface area contributed by atoms with E-state index in [2.05, 4.69) is 25.4 Å². The molecule has 0 aliphatic carbocycles. The molecule has 0 radical (unpaired) electrons. The van der Waals surface area contributed by atoms with Crippen molar-refractivity contribution in [2.45, 2.75) is 18.5 Å². The Labute approximate surface area is 213 Å². The summed E-state index contributed by atoms with van der Waals surface area (Å²) in [5.74, 6) is -0.871. The first-order valence-electron chi connectivity index (χ1n) is 11.0. The number of amides is 2. The van der Waals surface area contributed by atoms with Crippen molar-refractivity contribution in [3.05, 3.63) is 87.2 Å². The molecule has 2 aliphatic rings. The number of nitrogens with zero attached hydrogens (tertiary/aromatic N) is 6. The van der Waals surface area contributed by atoms with Crippen molar-refractivity contribution in [3.63, 3.8) is 0 Å². The molecular weight excluding hydrogens is 508 g/mol. The molecule has 6 rings (SSSR count). The molecule has 1 unspecified atom stereocenters. The van der Waals surface area contributed by atoms with Crippen molar-refractivity contribution in [1.29, 1.82) is 0 Å². The summed E-state index contributed by atoms with van der Waals surface area (Å²) < 4.78 is 16.0. The Morgan fingerprint density at radius 3 is 2.78 bits per heavy atom. The van der Waals surface area contributed by atoms with Crippen molar-refractivity contribution < 1.29 is 14.0 Å². The average Bonchev–Trinajstić information content (AvgIpc) is 3.47. The minimum atomic E-state index is -0.546. The zero-order valence-corrected chi connectivity index (χ0v) is 19.9. The normalized spacial score (nSPS) is 18.8. The number of benzene rings is 1. The summed E-state index contributed by atoms with van der Waals surface area (Å²) in [6.07, 6.45) is 4.53. The number of carbonyl (C=O) groups excluding carboxylic acids is 2. The maximum absolute atomic E-state index is 14.6. The molecule has 4 bridgehead atoms. The number of aliphatic imine (C=N–C) groups is 1. The van der Waals surface area contributed by atoms with Crippen molar-refractivity contribution >= 4 is 52.7 Å². The van der Waals surface area contributed by atoms with Gasteiger partial charge in [-0.3, -0.25) is 9.59 Å². The van der Waals surface area contributed by atoms with Gasteiger partial charge in [-0.25, -0.2) is 23.9 Å². The molecule has 9 nitrogen and oxygen atoms in total. The van der Waals surface area contributed by atoms with Crippen molar-refractivity contribution in [3.8, 4) is 0 Å². The number of hydrogen-bond acceptors (Lipinski definition) is 6. The molecule has 0 saturated carbocycles. The number of rotatable bonds is 2. The largest absolute Gasteiger partial charge is 0.346 e. The lowest BCUT2D eigenvalue weighted by Gasteiger charge is -2.26. The van der Waals surface area contributed by atoms with E-state index in [1.54, 1.807) is 18.2 Å². The summed E-state index contributed by atoms with van der Waals surface area (Å²) in [6.45, 7) is 0.383. The summed E-state index contributed by atoms with van der Waals surface area (Å²) in [6, 6.07) is 8.83. The predicted molar refractivity (Wildman–Crippen MR) is 132 cm³/mol. The average molecular weight is 524 g/mol. The first-order chi connectivity index (χ1) is 17.4. The number of hydrogen-bond donors (Lipinski definition) is 1.